The normalized spacial score (nSPS) is 14.5. The molecule has 0 aliphatic carbocycles. The predicted octanol–water partition coefficient (Wildman–Crippen LogP) is 2.98. The zero-order valence-electron chi connectivity index (χ0n) is 16.4. The summed E-state index contributed by atoms with van der Waals surface area (Å²) in [5.41, 5.74) is 2.04. The summed E-state index contributed by atoms with van der Waals surface area (Å²) >= 11 is 0. The molecule has 2 aromatic rings. The summed E-state index contributed by atoms with van der Waals surface area (Å²) in [5.74, 6) is 0.690. The van der Waals surface area contributed by atoms with Crippen molar-refractivity contribution in [2.24, 2.45) is 0 Å². The Morgan fingerprint density at radius 1 is 1.04 bits per heavy atom. The van der Waals surface area contributed by atoms with Crippen molar-refractivity contribution in [2.45, 2.75) is 38.1 Å². The van der Waals surface area contributed by atoms with Crippen LogP contribution in [0, 0.1) is 0 Å². The zero-order valence-corrected chi connectivity index (χ0v) is 16.4. The Morgan fingerprint density at radius 2 is 1.71 bits per heavy atom. The van der Waals surface area contributed by atoms with E-state index in [1.54, 1.807) is 7.11 Å². The SMILES string of the molecule is COc1ccccc1CCC(=O)NC(Cc1ccccc1)C(=O)N1CCCC1. The molecule has 148 valence electrons. The lowest BCUT2D eigenvalue weighted by molar-refractivity contribution is -0.135. The molecule has 1 atom stereocenters. The number of carbonyl (C=O) groups excluding carboxylic acids is 2. The molecule has 3 rings (SSSR count). The number of para-hydroxylation sites is 1. The Bertz CT molecular complexity index is 785. The summed E-state index contributed by atoms with van der Waals surface area (Å²) in [5, 5.41) is 2.98. The minimum absolute atomic E-state index is 0.0204. The van der Waals surface area contributed by atoms with Crippen LogP contribution in [-0.2, 0) is 22.4 Å². The van der Waals surface area contributed by atoms with Crippen LogP contribution in [0.2, 0.25) is 0 Å². The number of hydrogen-bond acceptors (Lipinski definition) is 3. The van der Waals surface area contributed by atoms with Crippen LogP contribution in [0.25, 0.3) is 0 Å². The lowest BCUT2D eigenvalue weighted by atomic mass is 10.0. The number of nitrogens with zero attached hydrogens (tertiary/aromatic N) is 1. The molecule has 1 N–H and O–H groups in total. The molecule has 1 aliphatic rings. The molecule has 2 aromatic carbocycles. The molecule has 1 saturated heterocycles. The highest BCUT2D eigenvalue weighted by Gasteiger charge is 2.27. The van der Waals surface area contributed by atoms with Crippen molar-refractivity contribution in [1.82, 2.24) is 10.2 Å². The number of hydrogen-bond donors (Lipinski definition) is 1. The van der Waals surface area contributed by atoms with E-state index in [4.69, 9.17) is 4.74 Å². The molecule has 5 heteroatoms. The quantitative estimate of drug-likeness (QED) is 0.766. The van der Waals surface area contributed by atoms with Gasteiger partial charge < -0.3 is 15.0 Å². The summed E-state index contributed by atoms with van der Waals surface area (Å²) in [6.07, 6.45) is 3.47. The molecule has 0 radical (unpaired) electrons. The first-order valence-electron chi connectivity index (χ1n) is 9.91. The molecule has 0 aromatic heterocycles. The summed E-state index contributed by atoms with van der Waals surface area (Å²) < 4.78 is 5.35. The van der Waals surface area contributed by atoms with Gasteiger partial charge in [0.2, 0.25) is 11.8 Å². The van der Waals surface area contributed by atoms with Crippen LogP contribution >= 0.6 is 0 Å². The third kappa shape index (κ3) is 5.35. The number of amides is 2. The van der Waals surface area contributed by atoms with Gasteiger partial charge in [0.1, 0.15) is 11.8 Å². The number of benzene rings is 2. The Kier molecular flexibility index (Phi) is 7.06. The third-order valence-corrected chi connectivity index (χ3v) is 5.15. The third-order valence-electron chi connectivity index (χ3n) is 5.15. The second-order valence-electron chi connectivity index (χ2n) is 7.15. The standard InChI is InChI=1S/C23H28N2O3/c1-28-21-12-6-5-11-19(21)13-14-22(26)24-20(17-18-9-3-2-4-10-18)23(27)25-15-7-8-16-25/h2-6,9-12,20H,7-8,13-17H2,1H3,(H,24,26). The lowest BCUT2D eigenvalue weighted by Gasteiger charge is -2.24. The average molecular weight is 380 g/mol. The molecular formula is C23H28N2O3. The molecule has 2 amide bonds. The second-order valence-corrected chi connectivity index (χ2v) is 7.15. The highest BCUT2D eigenvalue weighted by atomic mass is 16.5. The highest BCUT2D eigenvalue weighted by Crippen LogP contribution is 2.19. The topological polar surface area (TPSA) is 58.6 Å². The van der Waals surface area contributed by atoms with Crippen molar-refractivity contribution in [1.29, 1.82) is 0 Å². The number of likely N-dealkylation sites (tertiary alicyclic amines) is 1. The molecular weight excluding hydrogens is 352 g/mol. The maximum Gasteiger partial charge on any atom is 0.245 e. The van der Waals surface area contributed by atoms with Crippen LogP contribution in [0.15, 0.2) is 54.6 Å². The van der Waals surface area contributed by atoms with Crippen molar-refractivity contribution >= 4 is 11.8 Å². The summed E-state index contributed by atoms with van der Waals surface area (Å²) in [6, 6.07) is 17.0. The monoisotopic (exact) mass is 380 g/mol. The number of rotatable bonds is 8. The van der Waals surface area contributed by atoms with Gasteiger partial charge >= 0.3 is 0 Å². The minimum Gasteiger partial charge on any atom is -0.496 e. The first kappa shape index (κ1) is 19.9. The molecule has 1 heterocycles. The van der Waals surface area contributed by atoms with E-state index in [2.05, 4.69) is 5.32 Å². The minimum atomic E-state index is -0.523. The molecule has 1 aliphatic heterocycles. The van der Waals surface area contributed by atoms with Gasteiger partial charge in [-0.05, 0) is 36.5 Å². The predicted molar refractivity (Wildman–Crippen MR) is 109 cm³/mol. The van der Waals surface area contributed by atoms with Crippen LogP contribution in [-0.4, -0.2) is 43.0 Å². The maximum atomic E-state index is 13.0. The number of aryl methyl sites for hydroxylation is 1. The van der Waals surface area contributed by atoms with Crippen molar-refractivity contribution in [3.8, 4) is 5.75 Å². The van der Waals surface area contributed by atoms with Crippen LogP contribution in [0.4, 0.5) is 0 Å². The van der Waals surface area contributed by atoms with Crippen molar-refractivity contribution < 1.29 is 14.3 Å². The Morgan fingerprint density at radius 3 is 2.43 bits per heavy atom. The van der Waals surface area contributed by atoms with E-state index in [9.17, 15) is 9.59 Å². The fourth-order valence-corrected chi connectivity index (χ4v) is 3.63. The van der Waals surface area contributed by atoms with E-state index < -0.39 is 6.04 Å². The number of carbonyl (C=O) groups is 2. The van der Waals surface area contributed by atoms with E-state index in [0.717, 1.165) is 42.8 Å². The van der Waals surface area contributed by atoms with Crippen LogP contribution in [0.3, 0.4) is 0 Å². The van der Waals surface area contributed by atoms with Gasteiger partial charge in [0, 0.05) is 25.9 Å². The van der Waals surface area contributed by atoms with Crippen LogP contribution in [0.5, 0.6) is 5.75 Å². The van der Waals surface area contributed by atoms with Gasteiger partial charge in [0.15, 0.2) is 0 Å². The van der Waals surface area contributed by atoms with E-state index in [-0.39, 0.29) is 11.8 Å². The Labute approximate surface area is 166 Å². The smallest absolute Gasteiger partial charge is 0.245 e. The van der Waals surface area contributed by atoms with Crippen molar-refractivity contribution in [3.05, 3.63) is 65.7 Å². The van der Waals surface area contributed by atoms with E-state index in [1.165, 1.54) is 0 Å². The summed E-state index contributed by atoms with van der Waals surface area (Å²) in [6.45, 7) is 1.56. The summed E-state index contributed by atoms with van der Waals surface area (Å²) in [7, 11) is 1.63. The zero-order chi connectivity index (χ0) is 19.8. The first-order valence-corrected chi connectivity index (χ1v) is 9.91. The first-order chi connectivity index (χ1) is 13.7. The fraction of sp³-hybridized carbons (Fsp3) is 0.391. The number of ether oxygens (including phenoxy) is 1. The van der Waals surface area contributed by atoms with Gasteiger partial charge in [-0.25, -0.2) is 0 Å². The molecule has 5 nitrogen and oxygen atoms in total. The maximum absolute atomic E-state index is 13.0. The van der Waals surface area contributed by atoms with Crippen molar-refractivity contribution in [3.63, 3.8) is 0 Å². The van der Waals surface area contributed by atoms with E-state index in [0.29, 0.717) is 19.3 Å². The Hall–Kier alpha value is -2.82. The lowest BCUT2D eigenvalue weighted by Crippen LogP contribution is -2.49. The van der Waals surface area contributed by atoms with Crippen molar-refractivity contribution in [2.75, 3.05) is 20.2 Å². The molecule has 0 bridgehead atoms. The van der Waals surface area contributed by atoms with Gasteiger partial charge in [-0.2, -0.15) is 0 Å². The second kappa shape index (κ2) is 9.93. The molecule has 1 fully saturated rings. The summed E-state index contributed by atoms with van der Waals surface area (Å²) in [4.78, 5) is 27.4. The average Bonchev–Trinajstić information content (AvgIpc) is 3.27. The van der Waals surface area contributed by atoms with Gasteiger partial charge in [0.25, 0.3) is 0 Å². The van der Waals surface area contributed by atoms with Crippen LogP contribution < -0.4 is 10.1 Å². The highest BCUT2D eigenvalue weighted by molar-refractivity contribution is 5.88. The molecule has 1 unspecified atom stereocenters. The van der Waals surface area contributed by atoms with Gasteiger partial charge in [-0.15, -0.1) is 0 Å². The number of methoxy groups -OCH3 is 1. The van der Waals surface area contributed by atoms with Gasteiger partial charge in [-0.3, -0.25) is 9.59 Å². The molecule has 0 saturated carbocycles. The fourth-order valence-electron chi connectivity index (χ4n) is 3.63. The largest absolute Gasteiger partial charge is 0.496 e. The molecule has 28 heavy (non-hydrogen) atoms. The van der Waals surface area contributed by atoms with E-state index in [1.807, 2.05) is 59.5 Å². The number of nitrogens with one attached hydrogen (secondary N) is 1. The van der Waals surface area contributed by atoms with Gasteiger partial charge in [0.05, 0.1) is 7.11 Å². The van der Waals surface area contributed by atoms with E-state index >= 15 is 0 Å². The Balaban J connectivity index is 1.64. The van der Waals surface area contributed by atoms with Crippen LogP contribution in [0.1, 0.15) is 30.4 Å². The van der Waals surface area contributed by atoms with Gasteiger partial charge in [-0.1, -0.05) is 48.5 Å². The molecule has 0 spiro atoms.